The minimum absolute atomic E-state index is 0.139. The molecule has 0 aromatic heterocycles. The van der Waals surface area contributed by atoms with Crippen molar-refractivity contribution in [2.75, 3.05) is 39.0 Å². The van der Waals surface area contributed by atoms with Crippen molar-refractivity contribution >= 4 is 29.6 Å². The monoisotopic (exact) mass is 536 g/mol. The van der Waals surface area contributed by atoms with Gasteiger partial charge in [-0.2, -0.15) is 0 Å². The van der Waals surface area contributed by atoms with Gasteiger partial charge in [-0.1, -0.05) is 36.4 Å². The fraction of sp³-hybridized carbons (Fsp3) is 0.448. The molecular formula is C29H36N4O6. The van der Waals surface area contributed by atoms with Gasteiger partial charge in [-0.25, -0.2) is 4.79 Å². The first-order chi connectivity index (χ1) is 18.7. The molecular weight excluding hydrogens is 500 g/mol. The van der Waals surface area contributed by atoms with Crippen LogP contribution in [0.4, 0.5) is 10.5 Å². The molecule has 1 atom stereocenters. The molecule has 1 saturated heterocycles. The molecule has 0 saturated carbocycles. The van der Waals surface area contributed by atoms with Crippen molar-refractivity contribution in [1.82, 2.24) is 14.7 Å². The predicted octanol–water partition coefficient (Wildman–Crippen LogP) is 3.42. The van der Waals surface area contributed by atoms with E-state index in [4.69, 9.17) is 4.74 Å². The minimum Gasteiger partial charge on any atom is -0.481 e. The number of carbonyl (C=O) groups is 4. The van der Waals surface area contributed by atoms with Crippen LogP contribution in [-0.4, -0.2) is 83.5 Å². The number of carboxylic acids is 1. The van der Waals surface area contributed by atoms with Crippen LogP contribution in [0.25, 0.3) is 0 Å². The number of ether oxygens (including phenoxy) is 1. The maximum Gasteiger partial charge on any atom is 0.410 e. The van der Waals surface area contributed by atoms with Gasteiger partial charge in [0.05, 0.1) is 6.42 Å². The van der Waals surface area contributed by atoms with Crippen LogP contribution in [0.3, 0.4) is 0 Å². The molecule has 2 heterocycles. The van der Waals surface area contributed by atoms with E-state index in [0.29, 0.717) is 43.3 Å². The quantitative estimate of drug-likeness (QED) is 0.531. The van der Waals surface area contributed by atoms with E-state index in [1.165, 1.54) is 4.90 Å². The summed E-state index contributed by atoms with van der Waals surface area (Å²) in [6.45, 7) is 2.45. The summed E-state index contributed by atoms with van der Waals surface area (Å²) in [7, 11) is 3.40. The van der Waals surface area contributed by atoms with E-state index in [2.05, 4.69) is 5.32 Å². The van der Waals surface area contributed by atoms with Crippen molar-refractivity contribution in [1.29, 1.82) is 0 Å². The largest absolute Gasteiger partial charge is 0.481 e. The first-order valence-corrected chi connectivity index (χ1v) is 13.3. The first-order valence-electron chi connectivity index (χ1n) is 13.3. The average molecular weight is 537 g/mol. The molecule has 208 valence electrons. The van der Waals surface area contributed by atoms with Gasteiger partial charge in [0.25, 0.3) is 5.91 Å². The number of carbonyl (C=O) groups excluding carboxylic acids is 3. The molecule has 2 N–H and O–H groups in total. The first kappa shape index (κ1) is 27.9. The lowest BCUT2D eigenvalue weighted by Gasteiger charge is -2.32. The number of anilines is 1. The number of likely N-dealkylation sites (N-methyl/N-ethyl adjacent to an activating group) is 1. The number of benzene rings is 2. The highest BCUT2D eigenvalue weighted by molar-refractivity contribution is 5.96. The van der Waals surface area contributed by atoms with Crippen LogP contribution in [0.15, 0.2) is 48.5 Å². The SMILES string of the molecule is CN(CCC1CCN(C(=O)OCc2ccccc2)CC1)C(=O)c1ccc2c(c1)N[C@H](CC(=O)O)C(=O)N(C)C2. The number of rotatable bonds is 8. The lowest BCUT2D eigenvalue weighted by molar-refractivity contribution is -0.141. The van der Waals surface area contributed by atoms with E-state index in [0.717, 1.165) is 30.4 Å². The maximum absolute atomic E-state index is 13.2. The van der Waals surface area contributed by atoms with E-state index in [-0.39, 0.29) is 30.9 Å². The van der Waals surface area contributed by atoms with Gasteiger partial charge in [0.1, 0.15) is 12.6 Å². The summed E-state index contributed by atoms with van der Waals surface area (Å²) in [5.74, 6) is -1.10. The third kappa shape index (κ3) is 7.28. The summed E-state index contributed by atoms with van der Waals surface area (Å²) in [6.07, 6.45) is 1.91. The van der Waals surface area contributed by atoms with Gasteiger partial charge >= 0.3 is 12.1 Å². The molecule has 10 nitrogen and oxygen atoms in total. The molecule has 1 fully saturated rings. The van der Waals surface area contributed by atoms with Crippen molar-refractivity contribution < 1.29 is 29.0 Å². The van der Waals surface area contributed by atoms with Crippen LogP contribution in [-0.2, 0) is 27.5 Å². The van der Waals surface area contributed by atoms with Gasteiger partial charge in [-0.3, -0.25) is 14.4 Å². The maximum atomic E-state index is 13.2. The number of carboxylic acid groups (broad SMARTS) is 1. The smallest absolute Gasteiger partial charge is 0.410 e. The van der Waals surface area contributed by atoms with E-state index in [1.54, 1.807) is 36.0 Å². The van der Waals surface area contributed by atoms with Gasteiger partial charge < -0.3 is 29.9 Å². The summed E-state index contributed by atoms with van der Waals surface area (Å²) in [5.41, 5.74) is 2.86. The van der Waals surface area contributed by atoms with Gasteiger partial charge in [0.15, 0.2) is 0 Å². The van der Waals surface area contributed by atoms with Crippen molar-refractivity contribution in [3.8, 4) is 0 Å². The Morgan fingerprint density at radius 1 is 1.10 bits per heavy atom. The zero-order chi connectivity index (χ0) is 27.9. The van der Waals surface area contributed by atoms with Crippen LogP contribution in [0.1, 0.15) is 47.2 Å². The van der Waals surface area contributed by atoms with Crippen LogP contribution in [0.5, 0.6) is 0 Å². The highest BCUT2D eigenvalue weighted by Gasteiger charge is 2.30. The molecule has 0 unspecified atom stereocenters. The Bertz CT molecular complexity index is 1200. The number of amides is 3. The number of fused-ring (bicyclic) bond motifs is 1. The van der Waals surface area contributed by atoms with Crippen molar-refractivity contribution in [3.63, 3.8) is 0 Å². The Balaban J connectivity index is 1.26. The lowest BCUT2D eigenvalue weighted by Crippen LogP contribution is -2.39. The Kier molecular flexibility index (Phi) is 9.06. The molecule has 10 heteroatoms. The van der Waals surface area contributed by atoms with Gasteiger partial charge in [-0.05, 0) is 48.4 Å². The highest BCUT2D eigenvalue weighted by atomic mass is 16.6. The Hall–Kier alpha value is -4.08. The fourth-order valence-corrected chi connectivity index (χ4v) is 5.06. The number of hydrogen-bond acceptors (Lipinski definition) is 6. The molecule has 0 bridgehead atoms. The predicted molar refractivity (Wildman–Crippen MR) is 145 cm³/mol. The summed E-state index contributed by atoms with van der Waals surface area (Å²) in [4.78, 5) is 54.3. The van der Waals surface area contributed by atoms with Crippen molar-refractivity contribution in [2.45, 2.75) is 44.9 Å². The number of likely N-dealkylation sites (tertiary alicyclic amines) is 1. The molecule has 4 rings (SSSR count). The number of nitrogens with one attached hydrogen (secondary N) is 1. The fourth-order valence-electron chi connectivity index (χ4n) is 5.06. The van der Waals surface area contributed by atoms with Crippen LogP contribution in [0.2, 0.25) is 0 Å². The third-order valence-electron chi connectivity index (χ3n) is 7.44. The van der Waals surface area contributed by atoms with E-state index in [9.17, 15) is 24.3 Å². The zero-order valence-electron chi connectivity index (χ0n) is 22.5. The number of hydrogen-bond donors (Lipinski definition) is 2. The second-order valence-corrected chi connectivity index (χ2v) is 10.3. The molecule has 2 aromatic carbocycles. The highest BCUT2D eigenvalue weighted by Crippen LogP contribution is 2.26. The molecule has 0 radical (unpaired) electrons. The second-order valence-electron chi connectivity index (χ2n) is 10.3. The van der Waals surface area contributed by atoms with Crippen molar-refractivity contribution in [3.05, 3.63) is 65.2 Å². The Morgan fingerprint density at radius 2 is 1.82 bits per heavy atom. The summed E-state index contributed by atoms with van der Waals surface area (Å²) in [5, 5.41) is 12.2. The van der Waals surface area contributed by atoms with Crippen LogP contribution < -0.4 is 5.32 Å². The normalized spacial score (nSPS) is 17.6. The second kappa shape index (κ2) is 12.6. The summed E-state index contributed by atoms with van der Waals surface area (Å²) in [6, 6.07) is 14.0. The van der Waals surface area contributed by atoms with Gasteiger partial charge in [-0.15, -0.1) is 0 Å². The van der Waals surface area contributed by atoms with Crippen LogP contribution >= 0.6 is 0 Å². The standard InChI is InChI=1S/C29H36N4O6/c1-31(13-10-20-11-14-33(15-12-20)29(38)39-19-21-6-4-3-5-7-21)27(36)22-8-9-23-18-32(2)28(37)25(17-26(34)35)30-24(23)16-22/h3-9,16,20,25,30H,10-15,17-19H2,1-2H3,(H,34,35)/t25-/m1/s1. The number of piperidine rings is 1. The van der Waals surface area contributed by atoms with E-state index >= 15 is 0 Å². The number of nitrogens with zero attached hydrogens (tertiary/aromatic N) is 3. The molecule has 39 heavy (non-hydrogen) atoms. The van der Waals surface area contributed by atoms with Gasteiger partial charge in [0, 0.05) is 51.5 Å². The van der Waals surface area contributed by atoms with Gasteiger partial charge in [0.2, 0.25) is 5.91 Å². The topological polar surface area (TPSA) is 119 Å². The zero-order valence-corrected chi connectivity index (χ0v) is 22.5. The van der Waals surface area contributed by atoms with Crippen LogP contribution in [0, 0.1) is 5.92 Å². The average Bonchev–Trinajstić information content (AvgIpc) is 3.05. The summed E-state index contributed by atoms with van der Waals surface area (Å²) >= 11 is 0. The molecule has 2 aromatic rings. The Morgan fingerprint density at radius 3 is 2.51 bits per heavy atom. The minimum atomic E-state index is -1.07. The summed E-state index contributed by atoms with van der Waals surface area (Å²) < 4.78 is 5.44. The van der Waals surface area contributed by atoms with Crippen molar-refractivity contribution in [2.24, 2.45) is 5.92 Å². The molecule has 0 spiro atoms. The molecule has 3 amide bonds. The molecule has 2 aliphatic rings. The van der Waals surface area contributed by atoms with E-state index in [1.807, 2.05) is 36.4 Å². The third-order valence-corrected chi connectivity index (χ3v) is 7.44. The lowest BCUT2D eigenvalue weighted by atomic mass is 9.93. The Labute approximate surface area is 228 Å². The van der Waals surface area contributed by atoms with E-state index < -0.39 is 12.0 Å². The molecule has 2 aliphatic heterocycles. The molecule has 0 aliphatic carbocycles. The number of aliphatic carboxylic acids is 1.